The molecule has 1 heterocycles. The van der Waals surface area contributed by atoms with E-state index in [0.717, 1.165) is 19.4 Å². The van der Waals surface area contributed by atoms with Crippen molar-refractivity contribution in [1.82, 2.24) is 5.32 Å². The van der Waals surface area contributed by atoms with Crippen LogP contribution in [0.4, 0.5) is 14.5 Å². The van der Waals surface area contributed by atoms with Crippen LogP contribution in [0.1, 0.15) is 25.3 Å². The van der Waals surface area contributed by atoms with Crippen molar-refractivity contribution in [2.45, 2.75) is 26.3 Å². The van der Waals surface area contributed by atoms with Crippen LogP contribution in [-0.2, 0) is 6.54 Å². The fourth-order valence-electron chi connectivity index (χ4n) is 2.63. The Morgan fingerprint density at radius 3 is 2.35 bits per heavy atom. The monoisotopic (exact) mass is 284 g/mol. The molecule has 0 aromatic heterocycles. The second-order valence-electron chi connectivity index (χ2n) is 5.30. The van der Waals surface area contributed by atoms with Gasteiger partial charge in [0.05, 0.1) is 0 Å². The predicted octanol–water partition coefficient (Wildman–Crippen LogP) is 2.28. The van der Waals surface area contributed by atoms with Crippen LogP contribution >= 0.6 is 0 Å². The largest absolute Gasteiger partial charge is 0.396 e. The van der Waals surface area contributed by atoms with Gasteiger partial charge in [0, 0.05) is 26.2 Å². The van der Waals surface area contributed by atoms with Gasteiger partial charge in [0.1, 0.15) is 17.3 Å². The quantitative estimate of drug-likeness (QED) is 0.871. The zero-order chi connectivity index (χ0) is 14.5. The van der Waals surface area contributed by atoms with E-state index in [9.17, 15) is 8.78 Å². The van der Waals surface area contributed by atoms with Crippen molar-refractivity contribution in [1.29, 1.82) is 0 Å². The molecule has 0 spiro atoms. The van der Waals surface area contributed by atoms with E-state index in [4.69, 9.17) is 5.11 Å². The molecule has 0 amide bonds. The standard InChI is InChI=1S/C15H22F2N2O/c1-2-18-9-12-7-13(16)15(14(17)8-12)19-5-3-11(10-20)4-6-19/h7-8,11,18,20H,2-6,9-10H2,1H3. The number of nitrogens with zero attached hydrogens (tertiary/aromatic N) is 1. The van der Waals surface area contributed by atoms with Crippen LogP contribution in [0, 0.1) is 17.6 Å². The SMILES string of the molecule is CCNCc1cc(F)c(N2CCC(CO)CC2)c(F)c1. The first-order valence-corrected chi connectivity index (χ1v) is 7.20. The Kier molecular flexibility index (Phi) is 5.31. The van der Waals surface area contributed by atoms with Gasteiger partial charge in [0.25, 0.3) is 0 Å². The minimum absolute atomic E-state index is 0.0710. The van der Waals surface area contributed by atoms with Crippen LogP contribution < -0.4 is 10.2 Å². The molecule has 2 rings (SSSR count). The van der Waals surface area contributed by atoms with E-state index in [2.05, 4.69) is 5.32 Å². The minimum atomic E-state index is -0.500. The van der Waals surface area contributed by atoms with E-state index < -0.39 is 11.6 Å². The third-order valence-electron chi connectivity index (χ3n) is 3.84. The molecule has 5 heteroatoms. The zero-order valence-corrected chi connectivity index (χ0v) is 11.8. The third kappa shape index (κ3) is 3.46. The Hall–Kier alpha value is -1.20. The van der Waals surface area contributed by atoms with E-state index in [1.54, 1.807) is 4.90 Å². The maximum Gasteiger partial charge on any atom is 0.149 e. The van der Waals surface area contributed by atoms with Crippen LogP contribution in [0.5, 0.6) is 0 Å². The Morgan fingerprint density at radius 2 is 1.85 bits per heavy atom. The second-order valence-corrected chi connectivity index (χ2v) is 5.30. The molecule has 20 heavy (non-hydrogen) atoms. The van der Waals surface area contributed by atoms with E-state index in [-0.39, 0.29) is 18.2 Å². The lowest BCUT2D eigenvalue weighted by Crippen LogP contribution is -2.36. The van der Waals surface area contributed by atoms with Crippen LogP contribution in [-0.4, -0.2) is 31.3 Å². The van der Waals surface area contributed by atoms with Crippen LogP contribution in [0.3, 0.4) is 0 Å². The highest BCUT2D eigenvalue weighted by atomic mass is 19.1. The van der Waals surface area contributed by atoms with Crippen LogP contribution in [0.2, 0.25) is 0 Å². The highest BCUT2D eigenvalue weighted by molar-refractivity contribution is 5.51. The molecule has 1 saturated heterocycles. The zero-order valence-electron chi connectivity index (χ0n) is 11.8. The maximum atomic E-state index is 14.1. The molecule has 3 nitrogen and oxygen atoms in total. The van der Waals surface area contributed by atoms with E-state index in [1.807, 2.05) is 6.92 Å². The number of hydrogen-bond donors (Lipinski definition) is 2. The molecule has 0 aliphatic carbocycles. The molecule has 112 valence electrons. The van der Waals surface area contributed by atoms with Crippen molar-refractivity contribution < 1.29 is 13.9 Å². The first-order valence-electron chi connectivity index (χ1n) is 7.20. The van der Waals surface area contributed by atoms with Gasteiger partial charge in [-0.2, -0.15) is 0 Å². The normalized spacial score (nSPS) is 16.7. The van der Waals surface area contributed by atoms with Gasteiger partial charge in [0.2, 0.25) is 0 Å². The molecular formula is C15H22F2N2O. The van der Waals surface area contributed by atoms with Crippen molar-refractivity contribution in [3.63, 3.8) is 0 Å². The molecule has 1 aliphatic rings. The van der Waals surface area contributed by atoms with Gasteiger partial charge in [-0.05, 0) is 43.0 Å². The Labute approximate surface area is 118 Å². The van der Waals surface area contributed by atoms with Crippen molar-refractivity contribution in [3.05, 3.63) is 29.3 Å². The van der Waals surface area contributed by atoms with Crippen LogP contribution in [0.25, 0.3) is 0 Å². The highest BCUT2D eigenvalue weighted by Gasteiger charge is 2.23. The van der Waals surface area contributed by atoms with Gasteiger partial charge in [-0.15, -0.1) is 0 Å². The summed E-state index contributed by atoms with van der Waals surface area (Å²) in [6.07, 6.45) is 1.54. The van der Waals surface area contributed by atoms with Crippen LogP contribution in [0.15, 0.2) is 12.1 Å². The summed E-state index contributed by atoms with van der Waals surface area (Å²) >= 11 is 0. The number of halogens is 2. The lowest BCUT2D eigenvalue weighted by molar-refractivity contribution is 0.202. The lowest BCUT2D eigenvalue weighted by atomic mass is 9.97. The molecule has 0 radical (unpaired) electrons. The summed E-state index contributed by atoms with van der Waals surface area (Å²) in [7, 11) is 0. The van der Waals surface area contributed by atoms with Crippen molar-refractivity contribution >= 4 is 5.69 Å². The summed E-state index contributed by atoms with van der Waals surface area (Å²) in [4.78, 5) is 1.74. The maximum absolute atomic E-state index is 14.1. The number of benzene rings is 1. The summed E-state index contributed by atoms with van der Waals surface area (Å²) in [5.74, 6) is -0.744. The number of hydrogen-bond acceptors (Lipinski definition) is 3. The van der Waals surface area contributed by atoms with Gasteiger partial charge in [-0.1, -0.05) is 6.92 Å². The summed E-state index contributed by atoms with van der Waals surface area (Å²) in [5, 5.41) is 12.2. The Bertz CT molecular complexity index is 422. The molecular weight excluding hydrogens is 262 g/mol. The van der Waals surface area contributed by atoms with Gasteiger partial charge in [-0.25, -0.2) is 8.78 Å². The number of nitrogens with one attached hydrogen (secondary N) is 1. The highest BCUT2D eigenvalue weighted by Crippen LogP contribution is 2.29. The Morgan fingerprint density at radius 1 is 1.25 bits per heavy atom. The molecule has 1 fully saturated rings. The second kappa shape index (κ2) is 6.99. The number of rotatable bonds is 5. The van der Waals surface area contributed by atoms with E-state index in [1.165, 1.54) is 12.1 Å². The smallest absolute Gasteiger partial charge is 0.149 e. The summed E-state index contributed by atoms with van der Waals surface area (Å²) < 4.78 is 28.3. The molecule has 0 bridgehead atoms. The molecule has 0 atom stereocenters. The van der Waals surface area contributed by atoms with Gasteiger partial charge < -0.3 is 15.3 Å². The van der Waals surface area contributed by atoms with Gasteiger partial charge in [0.15, 0.2) is 0 Å². The van der Waals surface area contributed by atoms with Crippen molar-refractivity contribution in [3.8, 4) is 0 Å². The van der Waals surface area contributed by atoms with E-state index >= 15 is 0 Å². The van der Waals surface area contributed by atoms with Gasteiger partial charge in [-0.3, -0.25) is 0 Å². The number of aliphatic hydroxyl groups excluding tert-OH is 1. The van der Waals surface area contributed by atoms with Crippen molar-refractivity contribution in [2.24, 2.45) is 5.92 Å². The first kappa shape index (κ1) is 15.2. The molecule has 1 aliphatic heterocycles. The number of aliphatic hydroxyl groups is 1. The van der Waals surface area contributed by atoms with Gasteiger partial charge >= 0.3 is 0 Å². The topological polar surface area (TPSA) is 35.5 Å². The molecule has 0 saturated carbocycles. The summed E-state index contributed by atoms with van der Waals surface area (Å²) in [6.45, 7) is 4.51. The fourth-order valence-corrected chi connectivity index (χ4v) is 2.63. The molecule has 2 N–H and O–H groups in total. The summed E-state index contributed by atoms with van der Waals surface area (Å²) in [5.41, 5.74) is 0.692. The lowest BCUT2D eigenvalue weighted by Gasteiger charge is -2.33. The fraction of sp³-hybridized carbons (Fsp3) is 0.600. The first-order chi connectivity index (χ1) is 9.65. The third-order valence-corrected chi connectivity index (χ3v) is 3.84. The average molecular weight is 284 g/mol. The molecule has 1 aromatic rings. The van der Waals surface area contributed by atoms with E-state index in [0.29, 0.717) is 25.2 Å². The summed E-state index contributed by atoms with van der Waals surface area (Å²) in [6, 6.07) is 2.80. The predicted molar refractivity (Wildman–Crippen MR) is 75.8 cm³/mol. The number of piperidine rings is 1. The Balaban J connectivity index is 2.12. The molecule has 1 aromatic carbocycles. The van der Waals surface area contributed by atoms with Crippen molar-refractivity contribution in [2.75, 3.05) is 31.1 Å². The number of anilines is 1. The minimum Gasteiger partial charge on any atom is -0.396 e. The molecule has 0 unspecified atom stereocenters. The average Bonchev–Trinajstić information content (AvgIpc) is 2.45.